The molecule has 2 heterocycles. The first-order valence-electron chi connectivity index (χ1n) is 9.21. The van der Waals surface area contributed by atoms with Crippen molar-refractivity contribution in [1.29, 1.82) is 0 Å². The predicted molar refractivity (Wildman–Crippen MR) is 104 cm³/mol. The molecule has 0 spiro atoms. The first-order chi connectivity index (χ1) is 12.1. The summed E-state index contributed by atoms with van der Waals surface area (Å²) in [5.41, 5.74) is 3.37. The molecule has 1 amide bonds. The molecular formula is C20H29N3OS+2. The van der Waals surface area contributed by atoms with Gasteiger partial charge in [0.1, 0.15) is 37.7 Å². The summed E-state index contributed by atoms with van der Waals surface area (Å²) in [6, 6.07) is 9.46. The number of anilines is 1. The molecule has 25 heavy (non-hydrogen) atoms. The van der Waals surface area contributed by atoms with E-state index < -0.39 is 0 Å². The highest BCUT2D eigenvalue weighted by molar-refractivity contribution is 7.16. The molecule has 2 aromatic rings. The third-order valence-corrected chi connectivity index (χ3v) is 6.53. The first-order valence-corrected chi connectivity index (χ1v) is 10.0. The summed E-state index contributed by atoms with van der Waals surface area (Å²) in [6.45, 7) is 13.8. The number of carbonyl (C=O) groups is 1. The lowest BCUT2D eigenvalue weighted by molar-refractivity contribution is -1.02. The number of amides is 1. The van der Waals surface area contributed by atoms with E-state index in [-0.39, 0.29) is 5.91 Å². The Morgan fingerprint density at radius 2 is 1.72 bits per heavy atom. The van der Waals surface area contributed by atoms with Crippen molar-refractivity contribution in [2.75, 3.05) is 38.0 Å². The van der Waals surface area contributed by atoms with Crippen LogP contribution in [0.4, 0.5) is 5.00 Å². The number of nitrogens with one attached hydrogen (secondary N) is 3. The van der Waals surface area contributed by atoms with E-state index in [0.29, 0.717) is 5.56 Å². The Labute approximate surface area is 154 Å². The summed E-state index contributed by atoms with van der Waals surface area (Å²) in [5.74, 6) is -0.0154. The predicted octanol–water partition coefficient (Wildman–Crippen LogP) is 0.921. The number of benzene rings is 1. The Hall–Kier alpha value is -1.69. The van der Waals surface area contributed by atoms with E-state index in [4.69, 9.17) is 0 Å². The van der Waals surface area contributed by atoms with Crippen molar-refractivity contribution in [2.45, 2.75) is 27.3 Å². The lowest BCUT2D eigenvalue weighted by atomic mass is 10.1. The zero-order valence-electron chi connectivity index (χ0n) is 15.4. The number of hydrogen-bond acceptors (Lipinski definition) is 2. The molecule has 0 unspecified atom stereocenters. The topological polar surface area (TPSA) is 38.0 Å². The van der Waals surface area contributed by atoms with Crippen molar-refractivity contribution in [1.82, 2.24) is 0 Å². The number of aryl methyl sites for hydroxylation is 1. The summed E-state index contributed by atoms with van der Waals surface area (Å²) >= 11 is 1.71. The van der Waals surface area contributed by atoms with Crippen LogP contribution in [-0.4, -0.2) is 38.6 Å². The molecule has 3 rings (SSSR count). The van der Waals surface area contributed by atoms with Crippen LogP contribution in [-0.2, 0) is 6.54 Å². The highest BCUT2D eigenvalue weighted by Gasteiger charge is 2.25. The minimum Gasteiger partial charge on any atom is -0.326 e. The highest BCUT2D eigenvalue weighted by atomic mass is 32.1. The van der Waals surface area contributed by atoms with Crippen LogP contribution in [0, 0.1) is 13.8 Å². The van der Waals surface area contributed by atoms with Crippen LogP contribution in [0.3, 0.4) is 0 Å². The minimum atomic E-state index is -0.0154. The van der Waals surface area contributed by atoms with Crippen molar-refractivity contribution < 1.29 is 14.6 Å². The Kier molecular flexibility index (Phi) is 5.89. The van der Waals surface area contributed by atoms with Crippen LogP contribution in [0.25, 0.3) is 0 Å². The van der Waals surface area contributed by atoms with Crippen molar-refractivity contribution >= 4 is 22.2 Å². The molecule has 4 nitrogen and oxygen atoms in total. The zero-order chi connectivity index (χ0) is 17.8. The van der Waals surface area contributed by atoms with E-state index in [1.54, 1.807) is 21.1 Å². The summed E-state index contributed by atoms with van der Waals surface area (Å²) < 4.78 is 0. The molecule has 1 fully saturated rings. The van der Waals surface area contributed by atoms with Crippen molar-refractivity contribution in [2.24, 2.45) is 0 Å². The summed E-state index contributed by atoms with van der Waals surface area (Å²) in [5, 5.41) is 4.19. The van der Waals surface area contributed by atoms with Crippen LogP contribution in [0.15, 0.2) is 30.3 Å². The summed E-state index contributed by atoms with van der Waals surface area (Å²) in [4.78, 5) is 17.2. The van der Waals surface area contributed by atoms with Crippen LogP contribution in [0.5, 0.6) is 0 Å². The second-order valence-corrected chi connectivity index (χ2v) is 8.17. The van der Waals surface area contributed by atoms with Crippen LogP contribution < -0.4 is 15.1 Å². The van der Waals surface area contributed by atoms with Gasteiger partial charge in [-0.2, -0.15) is 0 Å². The third kappa shape index (κ3) is 4.29. The second kappa shape index (κ2) is 8.13. The number of carbonyl (C=O) groups excluding carboxylic acids is 1. The maximum atomic E-state index is 12.5. The molecule has 0 aliphatic carbocycles. The van der Waals surface area contributed by atoms with Gasteiger partial charge in [-0.1, -0.05) is 18.2 Å². The van der Waals surface area contributed by atoms with Gasteiger partial charge in [-0.25, -0.2) is 0 Å². The molecule has 1 saturated heterocycles. The number of piperazine rings is 1. The average molecular weight is 360 g/mol. The van der Waals surface area contributed by atoms with Gasteiger partial charge in [0, 0.05) is 16.0 Å². The van der Waals surface area contributed by atoms with Crippen LogP contribution >= 0.6 is 11.3 Å². The summed E-state index contributed by atoms with van der Waals surface area (Å²) in [6.07, 6.45) is 0. The van der Waals surface area contributed by atoms with Gasteiger partial charge >= 0.3 is 0 Å². The van der Waals surface area contributed by atoms with E-state index in [1.165, 1.54) is 48.7 Å². The van der Waals surface area contributed by atoms with Gasteiger partial charge in [0.25, 0.3) is 5.91 Å². The van der Waals surface area contributed by atoms with E-state index in [9.17, 15) is 4.79 Å². The molecule has 1 aliphatic heterocycles. The summed E-state index contributed by atoms with van der Waals surface area (Å²) in [7, 11) is 0. The molecule has 0 bridgehead atoms. The van der Waals surface area contributed by atoms with E-state index >= 15 is 0 Å². The first kappa shape index (κ1) is 18.1. The van der Waals surface area contributed by atoms with Gasteiger partial charge in [-0.3, -0.25) is 4.79 Å². The monoisotopic (exact) mass is 359 g/mol. The van der Waals surface area contributed by atoms with Crippen molar-refractivity contribution in [3.8, 4) is 0 Å². The second-order valence-electron chi connectivity index (χ2n) is 6.94. The van der Waals surface area contributed by atoms with E-state index in [0.717, 1.165) is 11.5 Å². The maximum Gasteiger partial charge on any atom is 0.256 e. The van der Waals surface area contributed by atoms with Crippen molar-refractivity contribution in [3.05, 3.63) is 51.9 Å². The van der Waals surface area contributed by atoms with Gasteiger partial charge in [-0.05, 0) is 38.5 Å². The molecule has 1 aromatic heterocycles. The number of likely N-dealkylation sites (N-methyl/N-ethyl adjacent to an activating group) is 1. The van der Waals surface area contributed by atoms with Gasteiger partial charge in [0.2, 0.25) is 0 Å². The lowest BCUT2D eigenvalue weighted by Gasteiger charge is -2.29. The standard InChI is InChI=1S/C20H27N3OS/c1-4-22-10-12-23(13-11-22)14-18-15(2)16(3)25-20(18)21-19(24)17-8-6-5-7-9-17/h5-9H,4,10-14H2,1-3H3,(H,21,24)/p+2. The molecule has 1 aliphatic rings. The Morgan fingerprint density at radius 1 is 1.08 bits per heavy atom. The molecule has 0 radical (unpaired) electrons. The largest absolute Gasteiger partial charge is 0.326 e. The quantitative estimate of drug-likeness (QED) is 0.730. The molecule has 5 heteroatoms. The fourth-order valence-corrected chi connectivity index (χ4v) is 4.56. The number of quaternary nitrogens is 2. The lowest BCUT2D eigenvalue weighted by Crippen LogP contribution is -3.27. The van der Waals surface area contributed by atoms with Crippen LogP contribution in [0.2, 0.25) is 0 Å². The number of hydrogen-bond donors (Lipinski definition) is 3. The molecule has 0 atom stereocenters. The van der Waals surface area contributed by atoms with E-state index in [2.05, 4.69) is 26.1 Å². The average Bonchev–Trinajstić information content (AvgIpc) is 2.90. The van der Waals surface area contributed by atoms with Crippen molar-refractivity contribution in [3.63, 3.8) is 0 Å². The normalized spacial score (nSPS) is 20.4. The SMILES string of the molecule is CC[NH+]1CC[NH+](Cc2c(NC(=O)c3ccccc3)sc(C)c2C)CC1. The number of thiophene rings is 1. The van der Waals surface area contributed by atoms with Gasteiger partial charge < -0.3 is 15.1 Å². The highest BCUT2D eigenvalue weighted by Crippen LogP contribution is 2.32. The van der Waals surface area contributed by atoms with Crippen LogP contribution in [0.1, 0.15) is 33.3 Å². The Morgan fingerprint density at radius 3 is 2.36 bits per heavy atom. The minimum absolute atomic E-state index is 0.0154. The fraction of sp³-hybridized carbons (Fsp3) is 0.450. The molecule has 3 N–H and O–H groups in total. The number of rotatable bonds is 5. The van der Waals surface area contributed by atoms with E-state index in [1.807, 2.05) is 30.3 Å². The van der Waals surface area contributed by atoms with Gasteiger partial charge in [0.15, 0.2) is 0 Å². The molecule has 0 saturated carbocycles. The molecular weight excluding hydrogens is 330 g/mol. The zero-order valence-corrected chi connectivity index (χ0v) is 16.3. The smallest absolute Gasteiger partial charge is 0.256 e. The fourth-order valence-electron chi connectivity index (χ4n) is 3.49. The third-order valence-electron chi connectivity index (χ3n) is 5.36. The maximum absolute atomic E-state index is 12.5. The molecule has 134 valence electrons. The Balaban J connectivity index is 1.73. The molecule has 1 aromatic carbocycles. The van der Waals surface area contributed by atoms with Gasteiger partial charge in [0.05, 0.1) is 6.54 Å². The van der Waals surface area contributed by atoms with Gasteiger partial charge in [-0.15, -0.1) is 11.3 Å². The Bertz CT molecular complexity index is 718.